The number of likely N-dealkylation sites (tertiary alicyclic amines) is 1. The fourth-order valence-electron chi connectivity index (χ4n) is 2.40. The Kier molecular flexibility index (Phi) is 6.97. The summed E-state index contributed by atoms with van der Waals surface area (Å²) in [5, 5.41) is 3.16. The number of rotatable bonds is 4. The van der Waals surface area contributed by atoms with Gasteiger partial charge in [-0.3, -0.25) is 0 Å². The maximum atomic E-state index is 12.1. The fraction of sp³-hybridized carbons (Fsp3) is 0.933. The second-order valence-electron chi connectivity index (χ2n) is 6.77. The van der Waals surface area contributed by atoms with E-state index in [0.717, 1.165) is 19.3 Å². The van der Waals surface area contributed by atoms with Gasteiger partial charge in [0.1, 0.15) is 5.60 Å². The molecule has 0 radical (unpaired) electrons. The Morgan fingerprint density at radius 3 is 2.50 bits per heavy atom. The summed E-state index contributed by atoms with van der Waals surface area (Å²) in [7, 11) is 0. The molecule has 0 saturated carbocycles. The highest BCUT2D eigenvalue weighted by Crippen LogP contribution is 2.21. The van der Waals surface area contributed by atoms with Crippen LogP contribution in [-0.4, -0.2) is 48.4 Å². The lowest BCUT2D eigenvalue weighted by Gasteiger charge is -2.26. The second-order valence-corrected chi connectivity index (χ2v) is 6.77. The highest BCUT2D eigenvalue weighted by molar-refractivity contribution is 5.68. The zero-order chi connectivity index (χ0) is 16.8. The van der Waals surface area contributed by atoms with E-state index >= 15 is 0 Å². The van der Waals surface area contributed by atoms with E-state index in [1.807, 2.05) is 20.8 Å². The molecule has 4 nitrogen and oxygen atoms in total. The minimum absolute atomic E-state index is 0.0930. The maximum absolute atomic E-state index is 12.1. The summed E-state index contributed by atoms with van der Waals surface area (Å²) in [5.74, 6) is 0. The Bertz CT molecular complexity index is 354. The molecule has 1 fully saturated rings. The Balaban J connectivity index is 2.29. The van der Waals surface area contributed by atoms with Crippen LogP contribution in [0.5, 0.6) is 0 Å². The third-order valence-electron chi connectivity index (χ3n) is 3.45. The normalized spacial score (nSPS) is 20.6. The molecular formula is C15H27F3N2O2. The number of carbonyl (C=O) groups is 1. The van der Waals surface area contributed by atoms with E-state index in [4.69, 9.17) is 4.74 Å². The first-order chi connectivity index (χ1) is 10.1. The lowest BCUT2D eigenvalue weighted by Crippen LogP contribution is -2.38. The van der Waals surface area contributed by atoms with Crippen LogP contribution in [0.15, 0.2) is 0 Å². The van der Waals surface area contributed by atoms with Crippen molar-refractivity contribution in [1.29, 1.82) is 0 Å². The topological polar surface area (TPSA) is 41.6 Å². The molecule has 22 heavy (non-hydrogen) atoms. The molecule has 1 atom stereocenters. The second kappa shape index (κ2) is 8.04. The number of alkyl halides is 3. The molecule has 7 heteroatoms. The molecule has 1 aliphatic rings. The molecule has 0 spiro atoms. The number of hydrogen-bond donors (Lipinski definition) is 1. The summed E-state index contributed by atoms with van der Waals surface area (Å²) in [5.41, 5.74) is -0.515. The maximum Gasteiger partial charge on any atom is 0.410 e. The van der Waals surface area contributed by atoms with Gasteiger partial charge < -0.3 is 15.0 Å². The van der Waals surface area contributed by atoms with Gasteiger partial charge in [-0.2, -0.15) is 13.2 Å². The number of amides is 1. The molecule has 1 N–H and O–H groups in total. The smallest absolute Gasteiger partial charge is 0.410 e. The lowest BCUT2D eigenvalue weighted by molar-refractivity contribution is -0.135. The Morgan fingerprint density at radius 2 is 1.91 bits per heavy atom. The number of nitrogens with zero attached hydrogens (tertiary/aromatic N) is 1. The zero-order valence-electron chi connectivity index (χ0n) is 13.6. The van der Waals surface area contributed by atoms with Gasteiger partial charge >= 0.3 is 12.3 Å². The molecular weight excluding hydrogens is 297 g/mol. The van der Waals surface area contributed by atoms with E-state index in [0.29, 0.717) is 19.6 Å². The van der Waals surface area contributed by atoms with Crippen LogP contribution in [-0.2, 0) is 4.74 Å². The van der Waals surface area contributed by atoms with Crippen LogP contribution in [0, 0.1) is 0 Å². The van der Waals surface area contributed by atoms with Gasteiger partial charge in [0.15, 0.2) is 0 Å². The average molecular weight is 324 g/mol. The number of halogens is 3. The van der Waals surface area contributed by atoms with Crippen LogP contribution < -0.4 is 5.32 Å². The first kappa shape index (κ1) is 19.1. The van der Waals surface area contributed by atoms with E-state index in [1.165, 1.54) is 0 Å². The van der Waals surface area contributed by atoms with Crippen molar-refractivity contribution in [3.8, 4) is 0 Å². The van der Waals surface area contributed by atoms with Crippen LogP contribution in [0.25, 0.3) is 0 Å². The highest BCUT2D eigenvalue weighted by Gasteiger charge is 2.27. The number of nitrogens with one attached hydrogen (secondary N) is 1. The van der Waals surface area contributed by atoms with Crippen molar-refractivity contribution in [2.75, 3.05) is 19.6 Å². The SMILES string of the molecule is CC(C)(C)OC(=O)N1CCCC(NCCCC(F)(F)F)CC1. The number of hydrogen-bond acceptors (Lipinski definition) is 3. The van der Waals surface area contributed by atoms with Gasteiger partial charge in [-0.05, 0) is 53.0 Å². The van der Waals surface area contributed by atoms with Crippen molar-refractivity contribution in [2.24, 2.45) is 0 Å². The molecule has 0 aliphatic carbocycles. The molecule has 1 amide bonds. The Morgan fingerprint density at radius 1 is 1.23 bits per heavy atom. The number of ether oxygens (including phenoxy) is 1. The molecule has 0 aromatic rings. The van der Waals surface area contributed by atoms with Crippen molar-refractivity contribution in [3.63, 3.8) is 0 Å². The van der Waals surface area contributed by atoms with E-state index in [9.17, 15) is 18.0 Å². The summed E-state index contributed by atoms with van der Waals surface area (Å²) < 4.78 is 41.6. The first-order valence-electron chi connectivity index (χ1n) is 7.85. The van der Waals surface area contributed by atoms with E-state index in [1.54, 1.807) is 4.90 Å². The molecule has 0 bridgehead atoms. The first-order valence-corrected chi connectivity index (χ1v) is 7.85. The summed E-state index contributed by atoms with van der Waals surface area (Å²) in [6.07, 6.45) is -2.62. The largest absolute Gasteiger partial charge is 0.444 e. The standard InChI is InChI=1S/C15H27F3N2O2/c1-14(2,3)22-13(21)20-10-4-6-12(7-11-20)19-9-5-8-15(16,17)18/h12,19H,4-11H2,1-3H3. The van der Waals surface area contributed by atoms with Gasteiger partial charge in [0.2, 0.25) is 0 Å². The van der Waals surface area contributed by atoms with Gasteiger partial charge in [0.25, 0.3) is 0 Å². The number of carbonyl (C=O) groups excluding carboxylic acids is 1. The summed E-state index contributed by atoms with van der Waals surface area (Å²) >= 11 is 0. The summed E-state index contributed by atoms with van der Waals surface area (Å²) in [6, 6.07) is 0.167. The van der Waals surface area contributed by atoms with E-state index in [-0.39, 0.29) is 18.6 Å². The molecule has 1 aliphatic heterocycles. The average Bonchev–Trinajstić information content (AvgIpc) is 2.57. The summed E-state index contributed by atoms with van der Waals surface area (Å²) in [6.45, 7) is 7.05. The molecule has 1 saturated heterocycles. The third kappa shape index (κ3) is 8.46. The minimum atomic E-state index is -4.08. The van der Waals surface area contributed by atoms with Gasteiger partial charge in [-0.25, -0.2) is 4.79 Å². The molecule has 130 valence electrons. The molecule has 1 rings (SSSR count). The van der Waals surface area contributed by atoms with Crippen LogP contribution in [0.3, 0.4) is 0 Å². The van der Waals surface area contributed by atoms with Crippen molar-refractivity contribution in [1.82, 2.24) is 10.2 Å². The van der Waals surface area contributed by atoms with Crippen molar-refractivity contribution in [2.45, 2.75) is 70.7 Å². The fourth-order valence-corrected chi connectivity index (χ4v) is 2.40. The monoisotopic (exact) mass is 324 g/mol. The quantitative estimate of drug-likeness (QED) is 0.802. The van der Waals surface area contributed by atoms with Crippen molar-refractivity contribution >= 4 is 6.09 Å². The molecule has 1 heterocycles. The van der Waals surface area contributed by atoms with Gasteiger partial charge in [-0.15, -0.1) is 0 Å². The van der Waals surface area contributed by atoms with Crippen LogP contribution in [0.1, 0.15) is 52.9 Å². The Hall–Kier alpha value is -0.980. The Labute approximate surface area is 130 Å². The predicted molar refractivity (Wildman–Crippen MR) is 78.7 cm³/mol. The van der Waals surface area contributed by atoms with Crippen LogP contribution in [0.2, 0.25) is 0 Å². The van der Waals surface area contributed by atoms with Gasteiger partial charge in [-0.1, -0.05) is 0 Å². The lowest BCUT2D eigenvalue weighted by atomic mass is 10.1. The van der Waals surface area contributed by atoms with E-state index < -0.39 is 18.2 Å². The van der Waals surface area contributed by atoms with Gasteiger partial charge in [0, 0.05) is 25.6 Å². The van der Waals surface area contributed by atoms with Crippen molar-refractivity contribution < 1.29 is 22.7 Å². The minimum Gasteiger partial charge on any atom is -0.444 e. The van der Waals surface area contributed by atoms with Crippen LogP contribution >= 0.6 is 0 Å². The van der Waals surface area contributed by atoms with E-state index in [2.05, 4.69) is 5.32 Å². The highest BCUT2D eigenvalue weighted by atomic mass is 19.4. The van der Waals surface area contributed by atoms with Crippen molar-refractivity contribution in [3.05, 3.63) is 0 Å². The predicted octanol–water partition coefficient (Wildman–Crippen LogP) is 3.71. The third-order valence-corrected chi connectivity index (χ3v) is 3.45. The molecule has 0 aromatic heterocycles. The van der Waals surface area contributed by atoms with Gasteiger partial charge in [0.05, 0.1) is 0 Å². The van der Waals surface area contributed by atoms with Crippen LogP contribution in [0.4, 0.5) is 18.0 Å². The molecule has 1 unspecified atom stereocenters. The zero-order valence-corrected chi connectivity index (χ0v) is 13.6. The molecule has 0 aromatic carbocycles. The summed E-state index contributed by atoms with van der Waals surface area (Å²) in [4.78, 5) is 13.7.